The van der Waals surface area contributed by atoms with Crippen molar-refractivity contribution in [3.8, 4) is 118 Å². The first-order chi connectivity index (χ1) is 41.5. The number of hydrogen-bond donors (Lipinski definition) is 0. The average molecular weight is 1070 g/mol. The van der Waals surface area contributed by atoms with Crippen LogP contribution in [0.25, 0.3) is 117 Å². The van der Waals surface area contributed by atoms with Crippen molar-refractivity contribution in [3.63, 3.8) is 0 Å². The average Bonchev–Trinajstić information content (AvgIpc) is 0.809. The van der Waals surface area contributed by atoms with Crippen molar-refractivity contribution in [2.45, 2.75) is 11.8 Å². The third-order valence-electron chi connectivity index (χ3n) is 16.6. The molecule has 3 aliphatic carbocycles. The van der Waals surface area contributed by atoms with Gasteiger partial charge in [0.15, 0.2) is 17.3 Å². The van der Waals surface area contributed by atoms with E-state index in [1.54, 1.807) is 0 Å². The lowest BCUT2D eigenvalue weighted by Gasteiger charge is -2.42. The van der Waals surface area contributed by atoms with Crippen molar-refractivity contribution >= 4 is 5.69 Å². The van der Waals surface area contributed by atoms with E-state index >= 15 is 0 Å². The SMILES string of the molecule is [C-]#[N+]c1ccc(-c2ccccc2-c2cc(-c3ccc(-c4ccc5c(c4)C4c6ccccc6C5c5cc(-c6ccc(-c7cc(-c8ccccc8-c8ccc(C#N)cc8)nc(-c8ccccc8)n7)cc6)ccc54)cc3)nc(-c3ccccc3)n2)cc1. The maximum absolute atomic E-state index is 9.49. The molecule has 3 aliphatic rings. The van der Waals surface area contributed by atoms with Crippen LogP contribution in [0, 0.1) is 17.9 Å². The molecule has 0 amide bonds. The first kappa shape index (κ1) is 49.6. The monoisotopic (exact) mass is 1070 g/mol. The Balaban J connectivity index is 0.743. The highest BCUT2D eigenvalue weighted by Crippen LogP contribution is 2.57. The fraction of sp³-hybridized carbons (Fsp3) is 0.0256. The van der Waals surface area contributed by atoms with Crippen LogP contribution in [0.15, 0.2) is 279 Å². The fourth-order valence-electron chi connectivity index (χ4n) is 12.5. The molecule has 2 aromatic heterocycles. The molecule has 11 aromatic carbocycles. The van der Waals surface area contributed by atoms with E-state index in [0.717, 1.165) is 89.5 Å². The first-order valence-electron chi connectivity index (χ1n) is 28.2. The summed E-state index contributed by atoms with van der Waals surface area (Å²) in [4.78, 5) is 24.3. The Bertz CT molecular complexity index is 4460. The second kappa shape index (κ2) is 20.9. The molecule has 6 nitrogen and oxygen atoms in total. The van der Waals surface area contributed by atoms with Crippen LogP contribution in [0.5, 0.6) is 0 Å². The van der Waals surface area contributed by atoms with Crippen molar-refractivity contribution in [2.75, 3.05) is 0 Å². The molecule has 390 valence electrons. The van der Waals surface area contributed by atoms with Crippen molar-refractivity contribution in [1.82, 2.24) is 19.9 Å². The molecule has 0 N–H and O–H groups in total. The molecule has 2 atom stereocenters. The lowest BCUT2D eigenvalue weighted by atomic mass is 9.60. The van der Waals surface area contributed by atoms with Gasteiger partial charge in [-0.2, -0.15) is 5.26 Å². The Morgan fingerprint density at radius 2 is 0.631 bits per heavy atom. The lowest BCUT2D eigenvalue weighted by molar-refractivity contribution is 0.755. The van der Waals surface area contributed by atoms with Gasteiger partial charge in [-0.05, 0) is 114 Å². The Kier molecular flexibility index (Phi) is 12.3. The van der Waals surface area contributed by atoms with E-state index in [4.69, 9.17) is 26.5 Å². The van der Waals surface area contributed by atoms with Gasteiger partial charge < -0.3 is 0 Å². The molecule has 84 heavy (non-hydrogen) atoms. The normalized spacial score (nSPS) is 13.5. The van der Waals surface area contributed by atoms with Crippen LogP contribution in [0.2, 0.25) is 0 Å². The predicted octanol–water partition coefficient (Wildman–Crippen LogP) is 19.3. The van der Waals surface area contributed by atoms with Crippen LogP contribution in [0.3, 0.4) is 0 Å². The summed E-state index contributed by atoms with van der Waals surface area (Å²) >= 11 is 0. The highest BCUT2D eigenvalue weighted by atomic mass is 14.9. The zero-order valence-corrected chi connectivity index (χ0v) is 45.4. The van der Waals surface area contributed by atoms with Gasteiger partial charge in [-0.3, -0.25) is 0 Å². The van der Waals surface area contributed by atoms with Gasteiger partial charge in [-0.25, -0.2) is 24.8 Å². The summed E-state index contributed by atoms with van der Waals surface area (Å²) in [5, 5.41) is 9.49. The fourth-order valence-corrected chi connectivity index (χ4v) is 12.5. The molecule has 6 heteroatoms. The lowest BCUT2D eigenvalue weighted by Crippen LogP contribution is -2.27. The minimum Gasteiger partial charge on any atom is -0.238 e. The van der Waals surface area contributed by atoms with Crippen LogP contribution in [-0.4, -0.2) is 19.9 Å². The standard InChI is InChI=1S/C78H48N6/c1-80-60-40-36-53(37-41-60)62-19-9-11-21-64(62)74-47-72(82-78(84-74)57-16-6-3-7-17-57)55-34-30-51(31-35-55)59-39-43-68-70(45-59)76-66-23-13-12-22-65(66)75(68)69-44-58(38-42-67(69)76)50-28-32-54(33-29-50)71-46-73(83-77(81-71)56-14-4-2-5-15-56)63-20-10-8-18-61(63)52-26-24-49(48-79)25-27-52/h2-47,75-76H. The molecule has 0 fully saturated rings. The van der Waals surface area contributed by atoms with Gasteiger partial charge in [0.2, 0.25) is 0 Å². The van der Waals surface area contributed by atoms with Crippen LogP contribution in [-0.2, 0) is 0 Å². The summed E-state index contributed by atoms with van der Waals surface area (Å²) < 4.78 is 0. The summed E-state index contributed by atoms with van der Waals surface area (Å²) in [6.45, 7) is 7.48. The van der Waals surface area contributed by atoms with E-state index in [9.17, 15) is 5.26 Å². The number of nitrogens with zero attached hydrogens (tertiary/aromatic N) is 6. The number of aromatic nitrogens is 4. The predicted molar refractivity (Wildman–Crippen MR) is 338 cm³/mol. The van der Waals surface area contributed by atoms with Gasteiger partial charge in [-0.15, -0.1) is 0 Å². The van der Waals surface area contributed by atoms with Crippen LogP contribution in [0.1, 0.15) is 50.8 Å². The zero-order chi connectivity index (χ0) is 56.1. The molecule has 0 aliphatic heterocycles. The van der Waals surface area contributed by atoms with Crippen molar-refractivity contribution < 1.29 is 0 Å². The van der Waals surface area contributed by atoms with Gasteiger partial charge in [0.25, 0.3) is 0 Å². The summed E-state index contributed by atoms with van der Waals surface area (Å²) in [6, 6.07) is 99.6. The third-order valence-corrected chi connectivity index (χ3v) is 16.6. The van der Waals surface area contributed by atoms with Gasteiger partial charge in [0, 0.05) is 45.2 Å². The highest BCUT2D eigenvalue weighted by Gasteiger charge is 2.41. The molecular weight excluding hydrogens is 1020 g/mol. The summed E-state index contributed by atoms with van der Waals surface area (Å²) in [5.41, 5.74) is 27.4. The van der Waals surface area contributed by atoms with E-state index in [1.807, 2.05) is 109 Å². The minimum atomic E-state index is 0.101. The van der Waals surface area contributed by atoms with Crippen LogP contribution >= 0.6 is 0 Å². The minimum absolute atomic E-state index is 0.101. The molecule has 2 unspecified atom stereocenters. The molecule has 0 spiro atoms. The molecule has 13 aromatic rings. The van der Waals surface area contributed by atoms with Gasteiger partial charge in [-0.1, -0.05) is 243 Å². The summed E-state index contributed by atoms with van der Waals surface area (Å²) in [5.74, 6) is 1.52. The molecule has 0 saturated heterocycles. The smallest absolute Gasteiger partial charge is 0.187 e. The maximum Gasteiger partial charge on any atom is 0.187 e. The zero-order valence-electron chi connectivity index (χ0n) is 45.4. The maximum atomic E-state index is 9.49. The number of benzene rings is 11. The van der Waals surface area contributed by atoms with Gasteiger partial charge >= 0.3 is 0 Å². The summed E-state index contributed by atoms with van der Waals surface area (Å²) in [6.07, 6.45) is 0. The van der Waals surface area contributed by atoms with E-state index in [-0.39, 0.29) is 11.8 Å². The Morgan fingerprint density at radius 1 is 0.286 bits per heavy atom. The van der Waals surface area contributed by atoms with E-state index in [0.29, 0.717) is 22.9 Å². The Hall–Kier alpha value is -11.4. The van der Waals surface area contributed by atoms with Crippen LogP contribution in [0.4, 0.5) is 5.69 Å². The topological polar surface area (TPSA) is 79.7 Å². The quantitative estimate of drug-likeness (QED) is 0.128. The van der Waals surface area contributed by atoms with Crippen molar-refractivity contribution in [2.24, 2.45) is 0 Å². The largest absolute Gasteiger partial charge is 0.238 e. The Morgan fingerprint density at radius 3 is 1.06 bits per heavy atom. The molecule has 16 rings (SSSR count). The molecular formula is C78H48N6. The molecule has 2 bridgehead atoms. The van der Waals surface area contributed by atoms with Crippen LogP contribution < -0.4 is 0 Å². The Labute approximate surface area is 487 Å². The second-order valence-electron chi connectivity index (χ2n) is 21.4. The van der Waals surface area contributed by atoms with E-state index < -0.39 is 0 Å². The third kappa shape index (κ3) is 8.93. The molecule has 0 radical (unpaired) electrons. The number of rotatable bonds is 10. The summed E-state index contributed by atoms with van der Waals surface area (Å²) in [7, 11) is 0. The second-order valence-corrected chi connectivity index (χ2v) is 21.4. The molecule has 0 saturated carbocycles. The molecule has 2 heterocycles. The highest BCUT2D eigenvalue weighted by molar-refractivity contribution is 5.87. The number of hydrogen-bond acceptors (Lipinski definition) is 5. The van der Waals surface area contributed by atoms with Crippen molar-refractivity contribution in [3.05, 3.63) is 329 Å². The number of nitriles is 1. The first-order valence-corrected chi connectivity index (χ1v) is 28.2. The van der Waals surface area contributed by atoms with E-state index in [2.05, 4.69) is 181 Å². The van der Waals surface area contributed by atoms with Gasteiger partial charge in [0.05, 0.1) is 41.0 Å². The van der Waals surface area contributed by atoms with Gasteiger partial charge in [0.1, 0.15) is 0 Å². The van der Waals surface area contributed by atoms with Crippen molar-refractivity contribution in [1.29, 1.82) is 5.26 Å². The van der Waals surface area contributed by atoms with E-state index in [1.165, 1.54) is 44.5 Å².